The van der Waals surface area contributed by atoms with Crippen molar-refractivity contribution < 1.29 is 40.3 Å². The summed E-state index contributed by atoms with van der Waals surface area (Å²) in [5.74, 6) is -16.1. The summed E-state index contributed by atoms with van der Waals surface area (Å²) in [5.41, 5.74) is 2.49. The van der Waals surface area contributed by atoms with Crippen LogP contribution in [0.3, 0.4) is 0 Å². The first kappa shape index (κ1) is 27.4. The Morgan fingerprint density at radius 3 is 2.18 bits per heavy atom. The van der Waals surface area contributed by atoms with Gasteiger partial charge in [-0.15, -0.1) is 0 Å². The molecule has 0 aliphatic heterocycles. The molecule has 2 aromatic rings. The van der Waals surface area contributed by atoms with Crippen molar-refractivity contribution in [2.45, 2.75) is 31.4 Å². The number of nitrogens with one attached hydrogen (secondary N) is 2. The van der Waals surface area contributed by atoms with Gasteiger partial charge in [0.05, 0.1) is 22.2 Å². The highest BCUT2D eigenvalue weighted by atomic mass is 35.5. The molecule has 0 atom stereocenters. The minimum absolute atomic E-state index is 0.103. The average Bonchev–Trinajstić information content (AvgIpc) is 2.73. The lowest BCUT2D eigenvalue weighted by Crippen LogP contribution is -2.57. The number of halogens is 9. The summed E-state index contributed by atoms with van der Waals surface area (Å²) in [4.78, 5) is 23.5. The quantitative estimate of drug-likeness (QED) is 0.267. The van der Waals surface area contributed by atoms with Crippen LogP contribution in [0.25, 0.3) is 0 Å². The molecule has 0 unspecified atom stereocenters. The highest BCUT2D eigenvalue weighted by Gasteiger charge is 2.76. The van der Waals surface area contributed by atoms with Crippen molar-refractivity contribution in [3.8, 4) is 0 Å². The maximum absolute atomic E-state index is 13.5. The first-order chi connectivity index (χ1) is 15.6. The summed E-state index contributed by atoms with van der Waals surface area (Å²) in [6, 6.07) is 9.07. The second-order valence-electron chi connectivity index (χ2n) is 6.84. The molecule has 0 bridgehead atoms. The smallest absolute Gasteiger partial charge is 0.321 e. The molecule has 184 valence electrons. The summed E-state index contributed by atoms with van der Waals surface area (Å²) in [6.45, 7) is 1.38. The molecule has 0 aliphatic carbocycles. The topological polar surface area (TPSA) is 70.6 Å². The van der Waals surface area contributed by atoms with E-state index in [1.54, 1.807) is 6.07 Å². The number of hydrazone groups is 1. The van der Waals surface area contributed by atoms with E-state index < -0.39 is 35.5 Å². The summed E-state index contributed by atoms with van der Waals surface area (Å²) in [7, 11) is 0. The Hall–Kier alpha value is -2.86. The predicted molar refractivity (Wildman–Crippen MR) is 112 cm³/mol. The van der Waals surface area contributed by atoms with E-state index >= 15 is 0 Å². The Bertz CT molecular complexity index is 1120. The van der Waals surface area contributed by atoms with Gasteiger partial charge in [-0.1, -0.05) is 41.4 Å². The van der Waals surface area contributed by atoms with Gasteiger partial charge in [0, 0.05) is 5.69 Å². The Kier molecular flexibility index (Phi) is 8.20. The SMILES string of the molecule is C/C(=N/NC(=O)Cc1ccc(Cl)c(Cl)c1)c1cccc(NC(=O)C(F)(F)C(F)(F)C(F)(F)F)c1. The molecular formula is C20H14Cl2F7N3O2. The van der Waals surface area contributed by atoms with Gasteiger partial charge in [-0.2, -0.15) is 35.8 Å². The van der Waals surface area contributed by atoms with Crippen LogP contribution < -0.4 is 10.7 Å². The number of rotatable bonds is 7. The number of hydrogen-bond donors (Lipinski definition) is 2. The average molecular weight is 532 g/mol. The van der Waals surface area contributed by atoms with Gasteiger partial charge in [-0.3, -0.25) is 9.59 Å². The molecule has 2 aromatic carbocycles. The van der Waals surface area contributed by atoms with E-state index in [-0.39, 0.29) is 22.7 Å². The van der Waals surface area contributed by atoms with Crippen molar-refractivity contribution in [1.82, 2.24) is 5.43 Å². The van der Waals surface area contributed by atoms with Gasteiger partial charge < -0.3 is 5.32 Å². The van der Waals surface area contributed by atoms with Gasteiger partial charge in [-0.25, -0.2) is 5.43 Å². The predicted octanol–water partition coefficient (Wildman–Crippen LogP) is 5.85. The Balaban J connectivity index is 2.10. The van der Waals surface area contributed by atoms with Crippen LogP contribution in [-0.4, -0.2) is 35.5 Å². The molecular weight excluding hydrogens is 518 g/mol. The number of amides is 2. The molecule has 0 aliphatic rings. The lowest BCUT2D eigenvalue weighted by Gasteiger charge is -2.27. The van der Waals surface area contributed by atoms with Crippen LogP contribution >= 0.6 is 23.2 Å². The van der Waals surface area contributed by atoms with Crippen LogP contribution in [0.5, 0.6) is 0 Å². The molecule has 0 saturated heterocycles. The molecule has 0 radical (unpaired) electrons. The van der Waals surface area contributed by atoms with Crippen LogP contribution in [0.1, 0.15) is 18.1 Å². The van der Waals surface area contributed by atoms with Crippen LogP contribution in [0.4, 0.5) is 36.4 Å². The fourth-order valence-corrected chi connectivity index (χ4v) is 2.76. The number of anilines is 1. The number of hydrogen-bond acceptors (Lipinski definition) is 3. The summed E-state index contributed by atoms with van der Waals surface area (Å²) in [6.07, 6.45) is -6.76. The number of carbonyl (C=O) groups is 2. The Morgan fingerprint density at radius 2 is 1.59 bits per heavy atom. The number of alkyl halides is 7. The van der Waals surface area contributed by atoms with Crippen molar-refractivity contribution in [2.75, 3.05) is 5.32 Å². The van der Waals surface area contributed by atoms with Gasteiger partial charge in [-0.05, 0) is 42.3 Å². The van der Waals surface area contributed by atoms with Gasteiger partial charge in [0.15, 0.2) is 0 Å². The molecule has 5 nitrogen and oxygen atoms in total. The van der Waals surface area contributed by atoms with Crippen LogP contribution in [0, 0.1) is 0 Å². The van der Waals surface area contributed by atoms with E-state index in [9.17, 15) is 40.3 Å². The van der Waals surface area contributed by atoms with E-state index in [4.69, 9.17) is 23.2 Å². The summed E-state index contributed by atoms with van der Waals surface area (Å²) < 4.78 is 89.8. The molecule has 14 heteroatoms. The standard InChI is InChI=1S/C20H14Cl2F7N3O2/c1-10(31-32-16(33)8-11-5-6-14(21)15(22)7-11)12-3-2-4-13(9-12)30-17(34)18(23,24)19(25,26)20(27,28)29/h2-7,9H,8H2,1H3,(H,30,34)(H,32,33)/b31-10-. The molecule has 2 rings (SSSR count). The fraction of sp³-hybridized carbons (Fsp3) is 0.250. The molecule has 34 heavy (non-hydrogen) atoms. The third kappa shape index (κ3) is 6.17. The summed E-state index contributed by atoms with van der Waals surface area (Å²) in [5, 5.41) is 5.67. The maximum atomic E-state index is 13.5. The number of nitrogens with zero attached hydrogens (tertiary/aromatic N) is 1. The van der Waals surface area contributed by atoms with Crippen molar-refractivity contribution in [1.29, 1.82) is 0 Å². The first-order valence-corrected chi connectivity index (χ1v) is 9.83. The van der Waals surface area contributed by atoms with Crippen LogP contribution in [0.15, 0.2) is 47.6 Å². The fourth-order valence-electron chi connectivity index (χ4n) is 2.44. The zero-order valence-electron chi connectivity index (χ0n) is 16.9. The second-order valence-corrected chi connectivity index (χ2v) is 7.65. The van der Waals surface area contributed by atoms with Crippen LogP contribution in [-0.2, 0) is 16.0 Å². The third-order valence-electron chi connectivity index (χ3n) is 4.27. The molecule has 0 saturated carbocycles. The van der Waals surface area contributed by atoms with Gasteiger partial charge in [0.25, 0.3) is 0 Å². The largest absolute Gasteiger partial charge is 0.460 e. The number of benzene rings is 2. The van der Waals surface area contributed by atoms with Crippen molar-refractivity contribution in [2.24, 2.45) is 5.10 Å². The van der Waals surface area contributed by atoms with E-state index in [1.807, 2.05) is 0 Å². The van der Waals surface area contributed by atoms with Crippen LogP contribution in [0.2, 0.25) is 10.0 Å². The number of carbonyl (C=O) groups excluding carboxylic acids is 2. The third-order valence-corrected chi connectivity index (χ3v) is 5.01. The summed E-state index contributed by atoms with van der Waals surface area (Å²) >= 11 is 11.7. The van der Waals surface area contributed by atoms with E-state index in [1.165, 1.54) is 36.5 Å². The first-order valence-electron chi connectivity index (χ1n) is 9.07. The van der Waals surface area contributed by atoms with Gasteiger partial charge in [0.2, 0.25) is 5.91 Å². The van der Waals surface area contributed by atoms with Gasteiger partial charge in [0.1, 0.15) is 0 Å². The maximum Gasteiger partial charge on any atom is 0.460 e. The van der Waals surface area contributed by atoms with Gasteiger partial charge >= 0.3 is 23.9 Å². The van der Waals surface area contributed by atoms with E-state index in [0.29, 0.717) is 10.6 Å². The molecule has 0 heterocycles. The zero-order valence-corrected chi connectivity index (χ0v) is 18.4. The molecule has 2 N–H and O–H groups in total. The monoisotopic (exact) mass is 531 g/mol. The molecule has 0 aromatic heterocycles. The normalized spacial score (nSPS) is 12.9. The minimum Gasteiger partial charge on any atom is -0.321 e. The van der Waals surface area contributed by atoms with E-state index in [2.05, 4.69) is 10.5 Å². The lowest BCUT2D eigenvalue weighted by atomic mass is 10.1. The molecule has 0 spiro atoms. The van der Waals surface area contributed by atoms with Crippen molar-refractivity contribution >= 4 is 46.4 Å². The minimum atomic E-state index is -6.64. The zero-order chi connectivity index (χ0) is 25.9. The Labute approximate surface area is 197 Å². The highest BCUT2D eigenvalue weighted by Crippen LogP contribution is 2.46. The Morgan fingerprint density at radius 1 is 0.941 bits per heavy atom. The molecule has 0 fully saturated rings. The highest BCUT2D eigenvalue weighted by molar-refractivity contribution is 6.42. The van der Waals surface area contributed by atoms with Crippen molar-refractivity contribution in [3.63, 3.8) is 0 Å². The second kappa shape index (κ2) is 10.2. The molecule has 2 amide bonds. The van der Waals surface area contributed by atoms with Crippen molar-refractivity contribution in [3.05, 3.63) is 63.6 Å². The lowest BCUT2D eigenvalue weighted by molar-refractivity contribution is -0.343. The van der Waals surface area contributed by atoms with E-state index in [0.717, 1.165) is 12.1 Å².